The van der Waals surface area contributed by atoms with Gasteiger partial charge in [-0.25, -0.2) is 13.1 Å². The second-order valence-corrected chi connectivity index (χ2v) is 9.80. The number of ether oxygens (including phenoxy) is 1. The van der Waals surface area contributed by atoms with Crippen molar-refractivity contribution < 1.29 is 17.9 Å². The van der Waals surface area contributed by atoms with Gasteiger partial charge in [0.2, 0.25) is 10.0 Å². The molecule has 2 unspecified atom stereocenters. The number of allylic oxidation sites excluding steroid dienone is 1. The molecule has 32 heavy (non-hydrogen) atoms. The molecular formula is C26H35NO4S. The Hall–Kier alpha value is -2.44. The highest BCUT2D eigenvalue weighted by molar-refractivity contribution is 7.89. The van der Waals surface area contributed by atoms with E-state index in [-0.39, 0.29) is 4.90 Å². The van der Waals surface area contributed by atoms with Gasteiger partial charge in [0, 0.05) is 0 Å². The van der Waals surface area contributed by atoms with Crippen LogP contribution < -0.4 is 4.72 Å². The van der Waals surface area contributed by atoms with Crippen LogP contribution in [0.1, 0.15) is 62.1 Å². The van der Waals surface area contributed by atoms with Crippen LogP contribution in [0.4, 0.5) is 0 Å². The van der Waals surface area contributed by atoms with Crippen molar-refractivity contribution in [2.75, 3.05) is 7.11 Å². The molecule has 0 radical (unpaired) electrons. The van der Waals surface area contributed by atoms with Crippen molar-refractivity contribution in [1.82, 2.24) is 4.72 Å². The minimum absolute atomic E-state index is 0.176. The summed E-state index contributed by atoms with van der Waals surface area (Å²) < 4.78 is 34.2. The van der Waals surface area contributed by atoms with Crippen LogP contribution in [0.2, 0.25) is 0 Å². The number of esters is 1. The Labute approximate surface area is 192 Å². The molecule has 0 fully saturated rings. The zero-order valence-electron chi connectivity index (χ0n) is 19.1. The molecule has 2 aromatic rings. The van der Waals surface area contributed by atoms with Crippen molar-refractivity contribution in [2.24, 2.45) is 5.92 Å². The van der Waals surface area contributed by atoms with Gasteiger partial charge >= 0.3 is 5.97 Å². The second kappa shape index (κ2) is 13.2. The molecule has 0 saturated carbocycles. The zero-order valence-corrected chi connectivity index (χ0v) is 19.9. The minimum atomic E-state index is -3.82. The molecule has 2 rings (SSSR count). The average molecular weight is 458 g/mol. The summed E-state index contributed by atoms with van der Waals surface area (Å²) in [5.41, 5.74) is 1.72. The molecule has 0 bridgehead atoms. The fourth-order valence-electron chi connectivity index (χ4n) is 3.75. The van der Waals surface area contributed by atoms with Crippen molar-refractivity contribution in [3.05, 3.63) is 78.4 Å². The van der Waals surface area contributed by atoms with Crippen molar-refractivity contribution in [3.63, 3.8) is 0 Å². The summed E-state index contributed by atoms with van der Waals surface area (Å²) in [4.78, 5) is 12.9. The number of hydrogen-bond acceptors (Lipinski definition) is 4. The number of rotatable bonds is 14. The van der Waals surface area contributed by atoms with E-state index in [0.29, 0.717) is 6.42 Å². The monoisotopic (exact) mass is 457 g/mol. The SMILES string of the molecule is C=CCCCCCCCC(C(=O)OC)C(NS(=O)(=O)c1ccc(C)cc1)c1ccccc1. The highest BCUT2D eigenvalue weighted by atomic mass is 32.2. The number of benzene rings is 2. The van der Waals surface area contributed by atoms with Gasteiger partial charge in [0.15, 0.2) is 0 Å². The Morgan fingerprint density at radius 1 is 1.00 bits per heavy atom. The standard InChI is InChI=1S/C26H35NO4S/c1-4-5-6-7-8-9-13-16-24(26(28)31-3)25(22-14-11-10-12-15-22)27-32(29,30)23-19-17-21(2)18-20-23/h4,10-12,14-15,17-20,24-25,27H,1,5-9,13,16H2,2-3H3. The van der Waals surface area contributed by atoms with Crippen LogP contribution in [0.5, 0.6) is 0 Å². The third-order valence-corrected chi connectivity index (χ3v) is 7.06. The fourth-order valence-corrected chi connectivity index (χ4v) is 5.02. The molecule has 6 heteroatoms. The van der Waals surface area contributed by atoms with E-state index in [1.54, 1.807) is 24.3 Å². The van der Waals surface area contributed by atoms with E-state index in [2.05, 4.69) is 11.3 Å². The first-order valence-electron chi connectivity index (χ1n) is 11.2. The Morgan fingerprint density at radius 3 is 2.25 bits per heavy atom. The van der Waals surface area contributed by atoms with Gasteiger partial charge in [-0.1, -0.05) is 79.8 Å². The van der Waals surface area contributed by atoms with Gasteiger partial charge in [-0.3, -0.25) is 4.79 Å². The van der Waals surface area contributed by atoms with Crippen molar-refractivity contribution in [1.29, 1.82) is 0 Å². The number of unbranched alkanes of at least 4 members (excludes halogenated alkanes) is 5. The van der Waals surface area contributed by atoms with Gasteiger partial charge in [0.05, 0.1) is 24.0 Å². The first kappa shape index (κ1) is 25.8. The first-order chi connectivity index (χ1) is 15.4. The molecule has 0 aliphatic carbocycles. The summed E-state index contributed by atoms with van der Waals surface area (Å²) in [6.07, 6.45) is 8.61. The highest BCUT2D eigenvalue weighted by Gasteiger charge is 2.33. The largest absolute Gasteiger partial charge is 0.469 e. The summed E-state index contributed by atoms with van der Waals surface area (Å²) in [5, 5.41) is 0. The predicted molar refractivity (Wildman–Crippen MR) is 129 cm³/mol. The van der Waals surface area contributed by atoms with Crippen LogP contribution in [0, 0.1) is 12.8 Å². The van der Waals surface area contributed by atoms with Crippen molar-refractivity contribution >= 4 is 16.0 Å². The van der Waals surface area contributed by atoms with E-state index in [1.807, 2.05) is 43.3 Å². The summed E-state index contributed by atoms with van der Waals surface area (Å²) in [5.74, 6) is -1.02. The molecule has 0 saturated heterocycles. The quantitative estimate of drug-likeness (QED) is 0.224. The Balaban J connectivity index is 2.22. The van der Waals surface area contributed by atoms with Gasteiger partial charge in [-0.05, 0) is 43.9 Å². The average Bonchev–Trinajstić information content (AvgIpc) is 2.80. The molecule has 1 N–H and O–H groups in total. The molecule has 0 heterocycles. The molecular weight excluding hydrogens is 422 g/mol. The molecule has 0 aliphatic heterocycles. The lowest BCUT2D eigenvalue weighted by Gasteiger charge is -2.27. The van der Waals surface area contributed by atoms with Gasteiger partial charge in [-0.2, -0.15) is 0 Å². The maximum absolute atomic E-state index is 13.1. The maximum atomic E-state index is 13.1. The zero-order chi connectivity index (χ0) is 23.4. The summed E-state index contributed by atoms with van der Waals surface area (Å²) in [6.45, 7) is 5.65. The topological polar surface area (TPSA) is 72.5 Å². The Morgan fingerprint density at radius 2 is 1.62 bits per heavy atom. The number of aryl methyl sites for hydroxylation is 1. The minimum Gasteiger partial charge on any atom is -0.469 e. The number of carbonyl (C=O) groups is 1. The second-order valence-electron chi connectivity index (χ2n) is 8.09. The van der Waals surface area contributed by atoms with E-state index in [4.69, 9.17) is 4.74 Å². The number of nitrogens with one attached hydrogen (secondary N) is 1. The lowest BCUT2D eigenvalue weighted by atomic mass is 9.89. The van der Waals surface area contributed by atoms with Gasteiger partial charge in [-0.15, -0.1) is 6.58 Å². The maximum Gasteiger partial charge on any atom is 0.310 e. The molecule has 2 atom stereocenters. The number of carbonyl (C=O) groups excluding carboxylic acids is 1. The molecule has 0 aromatic heterocycles. The highest BCUT2D eigenvalue weighted by Crippen LogP contribution is 2.30. The van der Waals surface area contributed by atoms with Crippen LogP contribution in [0.15, 0.2) is 72.1 Å². The molecule has 2 aromatic carbocycles. The van der Waals surface area contributed by atoms with Crippen LogP contribution in [-0.2, 0) is 19.6 Å². The van der Waals surface area contributed by atoms with E-state index in [9.17, 15) is 13.2 Å². The van der Waals surface area contributed by atoms with E-state index in [1.165, 1.54) is 7.11 Å². The van der Waals surface area contributed by atoms with Crippen LogP contribution >= 0.6 is 0 Å². The number of methoxy groups -OCH3 is 1. The molecule has 0 spiro atoms. The van der Waals surface area contributed by atoms with E-state index >= 15 is 0 Å². The van der Waals surface area contributed by atoms with Crippen molar-refractivity contribution in [3.8, 4) is 0 Å². The van der Waals surface area contributed by atoms with Gasteiger partial charge in [0.1, 0.15) is 0 Å². The lowest BCUT2D eigenvalue weighted by Crippen LogP contribution is -2.37. The third kappa shape index (κ3) is 7.92. The van der Waals surface area contributed by atoms with Crippen LogP contribution in [0.3, 0.4) is 0 Å². The third-order valence-electron chi connectivity index (χ3n) is 5.60. The van der Waals surface area contributed by atoms with Gasteiger partial charge in [0.25, 0.3) is 0 Å². The summed E-state index contributed by atoms with van der Waals surface area (Å²) >= 11 is 0. The Bertz CT molecular complexity index is 940. The molecule has 174 valence electrons. The predicted octanol–water partition coefficient (Wildman–Crippen LogP) is 5.72. The molecule has 5 nitrogen and oxygen atoms in total. The summed E-state index contributed by atoms with van der Waals surface area (Å²) in [6, 6.07) is 15.2. The Kier molecular flexibility index (Phi) is 10.6. The fraction of sp³-hybridized carbons (Fsp3) is 0.423. The van der Waals surface area contributed by atoms with E-state index < -0.39 is 28.0 Å². The number of sulfonamides is 1. The normalized spacial score (nSPS) is 13.3. The first-order valence-corrected chi connectivity index (χ1v) is 12.7. The van der Waals surface area contributed by atoms with E-state index in [0.717, 1.165) is 49.7 Å². The summed E-state index contributed by atoms with van der Waals surface area (Å²) in [7, 11) is -2.48. The van der Waals surface area contributed by atoms with Gasteiger partial charge < -0.3 is 4.74 Å². The molecule has 0 amide bonds. The smallest absolute Gasteiger partial charge is 0.310 e. The van der Waals surface area contributed by atoms with Crippen LogP contribution in [-0.4, -0.2) is 21.5 Å². The molecule has 0 aliphatic rings. The van der Waals surface area contributed by atoms with Crippen molar-refractivity contribution in [2.45, 2.75) is 62.8 Å². The lowest BCUT2D eigenvalue weighted by molar-refractivity contribution is -0.146. The number of hydrogen-bond donors (Lipinski definition) is 1. The van der Waals surface area contributed by atoms with Crippen LogP contribution in [0.25, 0.3) is 0 Å².